The Balaban J connectivity index is 0.00000729. The maximum atomic E-state index is 12.1. The van der Waals surface area contributed by atoms with Crippen LogP contribution in [0.2, 0.25) is 0 Å². The smallest absolute Gasteiger partial charge is 0.367 e. The van der Waals surface area contributed by atoms with E-state index in [2.05, 4.69) is 20.4 Å². The van der Waals surface area contributed by atoms with Crippen LogP contribution in [0.1, 0.15) is 24.5 Å². The van der Waals surface area contributed by atoms with Gasteiger partial charge >= 0.3 is 6.18 Å². The molecule has 0 radical (unpaired) electrons. The van der Waals surface area contributed by atoms with Crippen molar-refractivity contribution < 1.29 is 22.7 Å². The van der Waals surface area contributed by atoms with E-state index in [1.54, 1.807) is 38.4 Å². The number of guanidine groups is 1. The average Bonchev–Trinajstić information content (AvgIpc) is 2.59. The van der Waals surface area contributed by atoms with E-state index in [0.29, 0.717) is 37.6 Å². The fourth-order valence-corrected chi connectivity index (χ4v) is 2.05. The first kappa shape index (κ1) is 26.4. The molecule has 0 spiro atoms. The van der Waals surface area contributed by atoms with Crippen molar-refractivity contribution >= 4 is 35.8 Å². The van der Waals surface area contributed by atoms with Crippen LogP contribution in [0.25, 0.3) is 0 Å². The predicted molar refractivity (Wildman–Crippen MR) is 114 cm³/mol. The number of benzene rings is 1. The normalized spacial score (nSPS) is 11.6. The van der Waals surface area contributed by atoms with Crippen LogP contribution >= 0.6 is 24.0 Å². The van der Waals surface area contributed by atoms with Gasteiger partial charge in [0.1, 0.15) is 6.61 Å². The highest BCUT2D eigenvalue weighted by atomic mass is 127. The Kier molecular flexibility index (Phi) is 12.8. The van der Waals surface area contributed by atoms with E-state index in [1.165, 1.54) is 4.90 Å². The van der Waals surface area contributed by atoms with Gasteiger partial charge in [-0.25, -0.2) is 4.99 Å². The standard InChI is InChI=1S/C18H27F3N4O2.HI/c1-4-22-17(23-10-9-16(26)25(2)3)24-11-14-5-7-15(8-6-14)12-27-13-18(19,20)21;/h5-8H,4,9-13H2,1-3H3,(H2,22,23,24);1H. The lowest BCUT2D eigenvalue weighted by Gasteiger charge is -2.13. The molecule has 0 fully saturated rings. The van der Waals surface area contributed by atoms with Crippen LogP contribution in [0.3, 0.4) is 0 Å². The molecule has 0 aliphatic heterocycles. The summed E-state index contributed by atoms with van der Waals surface area (Å²) >= 11 is 0. The predicted octanol–water partition coefficient (Wildman–Crippen LogP) is 2.92. The molecule has 1 amide bonds. The number of amides is 1. The number of nitrogens with zero attached hydrogens (tertiary/aromatic N) is 2. The number of nitrogens with one attached hydrogen (secondary N) is 2. The summed E-state index contributed by atoms with van der Waals surface area (Å²) in [4.78, 5) is 17.5. The maximum Gasteiger partial charge on any atom is 0.411 e. The Morgan fingerprint density at radius 3 is 2.29 bits per heavy atom. The second kappa shape index (κ2) is 13.6. The van der Waals surface area contributed by atoms with Crippen molar-refractivity contribution in [2.24, 2.45) is 4.99 Å². The quantitative estimate of drug-likeness (QED) is 0.301. The highest BCUT2D eigenvalue weighted by molar-refractivity contribution is 14.0. The monoisotopic (exact) mass is 516 g/mol. The highest BCUT2D eigenvalue weighted by Crippen LogP contribution is 2.16. The minimum absolute atomic E-state index is 0. The summed E-state index contributed by atoms with van der Waals surface area (Å²) in [5.74, 6) is 0.628. The number of alkyl halides is 3. The maximum absolute atomic E-state index is 12.1. The number of hydrogen-bond donors (Lipinski definition) is 2. The largest absolute Gasteiger partial charge is 0.411 e. The Bertz CT molecular complexity index is 608. The first-order valence-corrected chi connectivity index (χ1v) is 8.66. The third-order valence-corrected chi connectivity index (χ3v) is 3.45. The number of aliphatic imine (C=N–C) groups is 1. The first-order chi connectivity index (χ1) is 12.7. The molecule has 160 valence electrons. The molecule has 1 rings (SSSR count). The second-order valence-corrected chi connectivity index (χ2v) is 6.08. The van der Waals surface area contributed by atoms with Gasteiger partial charge in [0.15, 0.2) is 5.96 Å². The minimum Gasteiger partial charge on any atom is -0.367 e. The molecule has 0 saturated heterocycles. The van der Waals surface area contributed by atoms with Gasteiger partial charge in [-0.15, -0.1) is 24.0 Å². The Morgan fingerprint density at radius 1 is 1.14 bits per heavy atom. The van der Waals surface area contributed by atoms with Crippen LogP contribution in [-0.4, -0.2) is 56.7 Å². The molecule has 1 aromatic rings. The Labute approximate surface area is 180 Å². The van der Waals surface area contributed by atoms with E-state index >= 15 is 0 Å². The number of hydrogen-bond acceptors (Lipinski definition) is 3. The number of carbonyl (C=O) groups is 1. The van der Waals surface area contributed by atoms with Crippen molar-refractivity contribution in [2.45, 2.75) is 32.7 Å². The zero-order valence-corrected chi connectivity index (χ0v) is 18.6. The number of rotatable bonds is 9. The summed E-state index contributed by atoms with van der Waals surface area (Å²) in [6, 6.07) is 7.04. The van der Waals surface area contributed by atoms with E-state index < -0.39 is 12.8 Å². The molecular weight excluding hydrogens is 488 g/mol. The van der Waals surface area contributed by atoms with Gasteiger partial charge in [0.05, 0.1) is 13.2 Å². The van der Waals surface area contributed by atoms with Gasteiger partial charge in [-0.3, -0.25) is 4.79 Å². The average molecular weight is 516 g/mol. The van der Waals surface area contributed by atoms with Crippen molar-refractivity contribution in [3.8, 4) is 0 Å². The van der Waals surface area contributed by atoms with Gasteiger partial charge in [0.25, 0.3) is 0 Å². The molecule has 10 heteroatoms. The molecule has 28 heavy (non-hydrogen) atoms. The van der Waals surface area contributed by atoms with Crippen LogP contribution in [-0.2, 0) is 22.7 Å². The zero-order valence-electron chi connectivity index (χ0n) is 16.3. The van der Waals surface area contributed by atoms with Gasteiger partial charge in [-0.1, -0.05) is 24.3 Å². The van der Waals surface area contributed by atoms with Crippen molar-refractivity contribution in [3.05, 3.63) is 35.4 Å². The molecule has 0 aliphatic carbocycles. The summed E-state index contributed by atoms with van der Waals surface area (Å²) < 4.78 is 40.8. The molecule has 0 saturated carbocycles. The fourth-order valence-electron chi connectivity index (χ4n) is 2.05. The molecule has 6 nitrogen and oxygen atoms in total. The highest BCUT2D eigenvalue weighted by Gasteiger charge is 2.27. The lowest BCUT2D eigenvalue weighted by atomic mass is 10.1. The first-order valence-electron chi connectivity index (χ1n) is 8.66. The molecule has 0 unspecified atom stereocenters. The van der Waals surface area contributed by atoms with Gasteiger partial charge in [0.2, 0.25) is 5.91 Å². The summed E-state index contributed by atoms with van der Waals surface area (Å²) in [5, 5.41) is 6.19. The van der Waals surface area contributed by atoms with Crippen molar-refractivity contribution in [2.75, 3.05) is 33.8 Å². The summed E-state index contributed by atoms with van der Waals surface area (Å²) in [6.45, 7) is 2.15. The van der Waals surface area contributed by atoms with Gasteiger partial charge in [0, 0.05) is 33.6 Å². The summed E-state index contributed by atoms with van der Waals surface area (Å²) in [5.41, 5.74) is 1.58. The van der Waals surface area contributed by atoms with E-state index in [4.69, 9.17) is 0 Å². The molecule has 0 aromatic heterocycles. The van der Waals surface area contributed by atoms with Crippen LogP contribution in [0.15, 0.2) is 29.3 Å². The Hall–Kier alpha value is -1.56. The second-order valence-electron chi connectivity index (χ2n) is 6.08. The SMILES string of the molecule is CCNC(=NCc1ccc(COCC(F)(F)F)cc1)NCCC(=O)N(C)C.I. The third kappa shape index (κ3) is 12.0. The summed E-state index contributed by atoms with van der Waals surface area (Å²) in [7, 11) is 3.42. The van der Waals surface area contributed by atoms with Crippen LogP contribution in [0.4, 0.5) is 13.2 Å². The van der Waals surface area contributed by atoms with E-state index in [0.717, 1.165) is 5.56 Å². The van der Waals surface area contributed by atoms with Gasteiger partial charge in [-0.05, 0) is 18.1 Å². The van der Waals surface area contributed by atoms with Crippen molar-refractivity contribution in [3.63, 3.8) is 0 Å². The van der Waals surface area contributed by atoms with Crippen LogP contribution in [0, 0.1) is 0 Å². The molecule has 1 aromatic carbocycles. The van der Waals surface area contributed by atoms with Gasteiger partial charge in [-0.2, -0.15) is 13.2 Å². The Morgan fingerprint density at radius 2 is 1.75 bits per heavy atom. The number of ether oxygens (including phenoxy) is 1. The number of halogens is 4. The van der Waals surface area contributed by atoms with E-state index in [9.17, 15) is 18.0 Å². The van der Waals surface area contributed by atoms with Crippen LogP contribution in [0.5, 0.6) is 0 Å². The lowest BCUT2D eigenvalue weighted by molar-refractivity contribution is -0.176. The summed E-state index contributed by atoms with van der Waals surface area (Å²) in [6.07, 6.45) is -3.95. The fraction of sp³-hybridized carbons (Fsp3) is 0.556. The molecule has 0 heterocycles. The minimum atomic E-state index is -4.32. The topological polar surface area (TPSA) is 66.0 Å². The van der Waals surface area contributed by atoms with E-state index in [1.807, 2.05) is 6.92 Å². The van der Waals surface area contributed by atoms with Gasteiger partial charge < -0.3 is 20.3 Å². The molecule has 0 bridgehead atoms. The number of carbonyl (C=O) groups excluding carboxylic acids is 1. The lowest BCUT2D eigenvalue weighted by Crippen LogP contribution is -2.39. The zero-order chi connectivity index (χ0) is 20.3. The van der Waals surface area contributed by atoms with E-state index in [-0.39, 0.29) is 36.5 Å². The molecule has 2 N–H and O–H groups in total. The molecular formula is C18H28F3IN4O2. The van der Waals surface area contributed by atoms with Crippen molar-refractivity contribution in [1.29, 1.82) is 0 Å². The molecule has 0 aliphatic rings. The van der Waals surface area contributed by atoms with Crippen LogP contribution < -0.4 is 10.6 Å². The third-order valence-electron chi connectivity index (χ3n) is 3.45. The van der Waals surface area contributed by atoms with Crippen molar-refractivity contribution in [1.82, 2.24) is 15.5 Å². The molecule has 0 atom stereocenters.